The summed E-state index contributed by atoms with van der Waals surface area (Å²) < 4.78 is 0. The molecule has 0 unspecified atom stereocenters. The molecular formula is C19H23NO2. The highest BCUT2D eigenvalue weighted by molar-refractivity contribution is 6.17. The zero-order valence-corrected chi connectivity index (χ0v) is 13.3. The quantitative estimate of drug-likeness (QED) is 0.775. The van der Waals surface area contributed by atoms with Crippen LogP contribution in [-0.2, 0) is 4.79 Å². The summed E-state index contributed by atoms with van der Waals surface area (Å²) in [6.07, 6.45) is 8.53. The van der Waals surface area contributed by atoms with Crippen LogP contribution in [0, 0.1) is 0 Å². The van der Waals surface area contributed by atoms with Gasteiger partial charge in [0.25, 0.3) is 0 Å². The first-order chi connectivity index (χ1) is 10.6. The van der Waals surface area contributed by atoms with Crippen molar-refractivity contribution in [1.29, 1.82) is 0 Å². The van der Waals surface area contributed by atoms with Crippen molar-refractivity contribution in [2.24, 2.45) is 0 Å². The molecule has 1 heterocycles. The standard InChI is InChI=1S/C19H23NO2/c1-12(2)18(19(21)22)14-8-9-17-15(10-14)16(11-20-17)13-6-4-3-5-7-13/h8-11,13,20H,3-7H2,1-2H3,(H,21,22). The molecule has 1 aliphatic rings. The summed E-state index contributed by atoms with van der Waals surface area (Å²) in [5.41, 5.74) is 4.51. The molecule has 3 rings (SSSR count). The number of nitrogens with one attached hydrogen (secondary N) is 1. The Labute approximate surface area is 131 Å². The molecule has 3 heteroatoms. The highest BCUT2D eigenvalue weighted by Gasteiger charge is 2.20. The van der Waals surface area contributed by atoms with Crippen molar-refractivity contribution in [3.05, 3.63) is 41.1 Å². The van der Waals surface area contributed by atoms with Gasteiger partial charge in [0.05, 0.1) is 5.57 Å². The van der Waals surface area contributed by atoms with Crippen molar-refractivity contribution in [1.82, 2.24) is 4.98 Å². The molecule has 22 heavy (non-hydrogen) atoms. The van der Waals surface area contributed by atoms with Gasteiger partial charge in [-0.15, -0.1) is 0 Å². The SMILES string of the molecule is CC(C)=C(C(=O)O)c1ccc2[nH]cc(C3CCCCC3)c2c1. The van der Waals surface area contributed by atoms with E-state index in [2.05, 4.69) is 11.2 Å². The fraction of sp³-hybridized carbons (Fsp3) is 0.421. The van der Waals surface area contributed by atoms with E-state index in [0.717, 1.165) is 16.7 Å². The normalized spacial score (nSPS) is 15.9. The number of aromatic nitrogens is 1. The second-order valence-electron chi connectivity index (χ2n) is 6.52. The van der Waals surface area contributed by atoms with E-state index in [1.54, 1.807) is 0 Å². The number of hydrogen-bond acceptors (Lipinski definition) is 1. The highest BCUT2D eigenvalue weighted by Crippen LogP contribution is 2.37. The van der Waals surface area contributed by atoms with Crippen LogP contribution >= 0.6 is 0 Å². The van der Waals surface area contributed by atoms with Gasteiger partial charge in [-0.1, -0.05) is 30.9 Å². The van der Waals surface area contributed by atoms with Crippen LogP contribution in [0.4, 0.5) is 0 Å². The van der Waals surface area contributed by atoms with Gasteiger partial charge in [0, 0.05) is 17.1 Å². The van der Waals surface area contributed by atoms with Gasteiger partial charge in [-0.25, -0.2) is 4.79 Å². The van der Waals surface area contributed by atoms with Crippen LogP contribution in [0.5, 0.6) is 0 Å². The summed E-state index contributed by atoms with van der Waals surface area (Å²) in [4.78, 5) is 14.9. The van der Waals surface area contributed by atoms with Crippen LogP contribution < -0.4 is 0 Å². The van der Waals surface area contributed by atoms with Gasteiger partial charge < -0.3 is 10.1 Å². The minimum Gasteiger partial charge on any atom is -0.478 e. The zero-order chi connectivity index (χ0) is 15.7. The van der Waals surface area contributed by atoms with Crippen molar-refractivity contribution in [3.8, 4) is 0 Å². The summed E-state index contributed by atoms with van der Waals surface area (Å²) in [5.74, 6) is -0.244. The zero-order valence-electron chi connectivity index (χ0n) is 13.3. The van der Waals surface area contributed by atoms with Crippen LogP contribution in [0.2, 0.25) is 0 Å². The molecule has 2 aromatic rings. The summed E-state index contributed by atoms with van der Waals surface area (Å²) in [6.45, 7) is 3.71. The molecule has 1 aliphatic carbocycles. The number of rotatable bonds is 3. The third-order valence-electron chi connectivity index (χ3n) is 4.76. The number of allylic oxidation sites excluding steroid dienone is 1. The Kier molecular flexibility index (Phi) is 4.06. The van der Waals surface area contributed by atoms with Crippen molar-refractivity contribution in [2.45, 2.75) is 51.9 Å². The largest absolute Gasteiger partial charge is 0.478 e. The lowest BCUT2D eigenvalue weighted by Crippen LogP contribution is -2.04. The Morgan fingerprint density at radius 2 is 1.91 bits per heavy atom. The van der Waals surface area contributed by atoms with E-state index < -0.39 is 5.97 Å². The average Bonchev–Trinajstić information content (AvgIpc) is 2.90. The minimum atomic E-state index is -0.853. The van der Waals surface area contributed by atoms with Crippen molar-refractivity contribution >= 4 is 22.4 Å². The molecule has 0 amide bonds. The van der Waals surface area contributed by atoms with E-state index in [9.17, 15) is 9.90 Å². The Morgan fingerprint density at radius 1 is 1.18 bits per heavy atom. The number of aliphatic carboxylic acids is 1. The predicted octanol–water partition coefficient (Wildman–Crippen LogP) is 5.09. The van der Waals surface area contributed by atoms with E-state index in [1.165, 1.54) is 43.1 Å². The van der Waals surface area contributed by atoms with Gasteiger partial charge in [-0.3, -0.25) is 0 Å². The molecule has 1 aromatic carbocycles. The van der Waals surface area contributed by atoms with E-state index in [-0.39, 0.29) is 0 Å². The fourth-order valence-electron chi connectivity index (χ4n) is 3.68. The van der Waals surface area contributed by atoms with Crippen molar-refractivity contribution < 1.29 is 9.90 Å². The first kappa shape index (κ1) is 14.9. The molecule has 0 radical (unpaired) electrons. The Hall–Kier alpha value is -2.03. The lowest BCUT2D eigenvalue weighted by molar-refractivity contribution is -0.130. The second kappa shape index (κ2) is 5.99. The molecule has 2 N–H and O–H groups in total. The Balaban J connectivity index is 2.08. The van der Waals surface area contributed by atoms with Crippen LogP contribution in [-0.4, -0.2) is 16.1 Å². The lowest BCUT2D eigenvalue weighted by Gasteiger charge is -2.21. The minimum absolute atomic E-state index is 0.415. The van der Waals surface area contributed by atoms with Crippen LogP contribution in [0.15, 0.2) is 30.0 Å². The molecule has 3 nitrogen and oxygen atoms in total. The predicted molar refractivity (Wildman–Crippen MR) is 90.0 cm³/mol. The van der Waals surface area contributed by atoms with E-state index in [1.807, 2.05) is 32.0 Å². The number of aromatic amines is 1. The summed E-state index contributed by atoms with van der Waals surface area (Å²) in [6, 6.07) is 5.95. The maximum absolute atomic E-state index is 11.5. The van der Waals surface area contributed by atoms with Gasteiger partial charge in [-0.05, 0) is 55.9 Å². The maximum Gasteiger partial charge on any atom is 0.336 e. The first-order valence-corrected chi connectivity index (χ1v) is 8.10. The average molecular weight is 297 g/mol. The van der Waals surface area contributed by atoms with Gasteiger partial charge in [-0.2, -0.15) is 0 Å². The maximum atomic E-state index is 11.5. The van der Waals surface area contributed by atoms with Gasteiger partial charge in [0.1, 0.15) is 0 Å². The number of fused-ring (bicyclic) bond motifs is 1. The smallest absolute Gasteiger partial charge is 0.336 e. The molecule has 0 aliphatic heterocycles. The van der Waals surface area contributed by atoms with Crippen LogP contribution in [0.1, 0.15) is 63.0 Å². The van der Waals surface area contributed by atoms with Crippen molar-refractivity contribution in [3.63, 3.8) is 0 Å². The number of carboxylic acids is 1. The van der Waals surface area contributed by atoms with Gasteiger partial charge >= 0.3 is 5.97 Å². The lowest BCUT2D eigenvalue weighted by atomic mass is 9.83. The van der Waals surface area contributed by atoms with Gasteiger partial charge in [0.15, 0.2) is 0 Å². The first-order valence-electron chi connectivity index (χ1n) is 8.10. The second-order valence-corrected chi connectivity index (χ2v) is 6.52. The number of hydrogen-bond donors (Lipinski definition) is 2. The van der Waals surface area contributed by atoms with E-state index >= 15 is 0 Å². The van der Waals surface area contributed by atoms with Crippen LogP contribution in [0.25, 0.3) is 16.5 Å². The molecular weight excluding hydrogens is 274 g/mol. The molecule has 0 spiro atoms. The number of carboxylic acid groups (broad SMARTS) is 1. The molecule has 116 valence electrons. The molecule has 0 bridgehead atoms. The Bertz CT molecular complexity index is 729. The topological polar surface area (TPSA) is 53.1 Å². The molecule has 1 saturated carbocycles. The van der Waals surface area contributed by atoms with E-state index in [4.69, 9.17) is 0 Å². The van der Waals surface area contributed by atoms with Crippen LogP contribution in [0.3, 0.4) is 0 Å². The number of H-pyrrole nitrogens is 1. The summed E-state index contributed by atoms with van der Waals surface area (Å²) in [5, 5.41) is 10.7. The Morgan fingerprint density at radius 3 is 2.55 bits per heavy atom. The van der Waals surface area contributed by atoms with Crippen molar-refractivity contribution in [2.75, 3.05) is 0 Å². The molecule has 0 saturated heterocycles. The fourth-order valence-corrected chi connectivity index (χ4v) is 3.68. The van der Waals surface area contributed by atoms with E-state index in [0.29, 0.717) is 11.5 Å². The number of benzene rings is 1. The van der Waals surface area contributed by atoms with Gasteiger partial charge in [0.2, 0.25) is 0 Å². The molecule has 1 aromatic heterocycles. The summed E-state index contributed by atoms with van der Waals surface area (Å²) >= 11 is 0. The third-order valence-corrected chi connectivity index (χ3v) is 4.76. The third kappa shape index (κ3) is 2.68. The molecule has 0 atom stereocenters. The molecule has 1 fully saturated rings. The highest BCUT2D eigenvalue weighted by atomic mass is 16.4. The number of carbonyl (C=O) groups is 1. The monoisotopic (exact) mass is 297 g/mol. The summed E-state index contributed by atoms with van der Waals surface area (Å²) in [7, 11) is 0.